The van der Waals surface area contributed by atoms with Crippen molar-refractivity contribution in [3.63, 3.8) is 0 Å². The van der Waals surface area contributed by atoms with E-state index in [1.165, 1.54) is 44.2 Å². The van der Waals surface area contributed by atoms with E-state index in [0.29, 0.717) is 17.6 Å². The Morgan fingerprint density at radius 2 is 0.898 bits per heavy atom. The van der Waals surface area contributed by atoms with Crippen molar-refractivity contribution in [2.75, 3.05) is 0 Å². The van der Waals surface area contributed by atoms with Crippen molar-refractivity contribution in [1.82, 2.24) is 24.1 Å². The number of para-hydroxylation sites is 3. The minimum atomic E-state index is -0.161. The summed E-state index contributed by atoms with van der Waals surface area (Å²) in [5.41, 5.74) is 14.7. The maximum atomic E-state index is 5.33. The van der Waals surface area contributed by atoms with Gasteiger partial charge in [-0.25, -0.2) is 4.98 Å². The molecule has 11 aromatic rings. The molecule has 12 rings (SSSR count). The summed E-state index contributed by atoms with van der Waals surface area (Å²) in [5, 5.41) is 4.74. The minimum Gasteiger partial charge on any atom is -0.309 e. The highest BCUT2D eigenvalue weighted by Gasteiger charge is 2.35. The van der Waals surface area contributed by atoms with Crippen LogP contribution in [0, 0.1) is 0 Å². The fourth-order valence-corrected chi connectivity index (χ4v) is 9.55. The van der Waals surface area contributed by atoms with Gasteiger partial charge in [0.25, 0.3) is 0 Å². The molecule has 1 aliphatic rings. The Hall–Kier alpha value is -7.63. The van der Waals surface area contributed by atoms with Crippen LogP contribution in [0.1, 0.15) is 25.0 Å². The normalized spacial score (nSPS) is 13.1. The molecule has 59 heavy (non-hydrogen) atoms. The maximum Gasteiger partial charge on any atom is 0.238 e. The van der Waals surface area contributed by atoms with Crippen molar-refractivity contribution >= 4 is 43.6 Å². The second-order valence-corrected chi connectivity index (χ2v) is 16.1. The average Bonchev–Trinajstić information content (AvgIpc) is 3.89. The fourth-order valence-electron chi connectivity index (χ4n) is 9.55. The summed E-state index contributed by atoms with van der Waals surface area (Å²) in [6.07, 6.45) is 0. The molecule has 0 amide bonds. The highest BCUT2D eigenvalue weighted by molar-refractivity contribution is 6.11. The molecule has 8 aromatic carbocycles. The minimum absolute atomic E-state index is 0.161. The molecule has 0 saturated carbocycles. The highest BCUT2D eigenvalue weighted by atomic mass is 15.2. The number of nitrogens with zero attached hydrogens (tertiary/aromatic N) is 5. The van der Waals surface area contributed by atoms with Gasteiger partial charge in [0.1, 0.15) is 0 Å². The molecule has 0 spiro atoms. The lowest BCUT2D eigenvalue weighted by molar-refractivity contribution is 0.660. The Labute approximate surface area is 341 Å². The van der Waals surface area contributed by atoms with Gasteiger partial charge in [-0.3, -0.25) is 4.57 Å². The van der Waals surface area contributed by atoms with E-state index in [2.05, 4.69) is 211 Å². The van der Waals surface area contributed by atoms with Gasteiger partial charge >= 0.3 is 0 Å². The van der Waals surface area contributed by atoms with E-state index < -0.39 is 0 Å². The van der Waals surface area contributed by atoms with Crippen LogP contribution < -0.4 is 0 Å². The molecule has 5 nitrogen and oxygen atoms in total. The second-order valence-electron chi connectivity index (χ2n) is 16.1. The Morgan fingerprint density at radius 3 is 1.63 bits per heavy atom. The van der Waals surface area contributed by atoms with Crippen LogP contribution >= 0.6 is 0 Å². The SMILES string of the molecule is CC1(C)c2ccccc2-c2ccc(-c3nc(-c4cccc(-n5c6ccccc6c6cc(-c7ccccc7)ccc65)c4)nc(-n4c5ccccc5c5ccccc54)n3)cc21. The van der Waals surface area contributed by atoms with Gasteiger partial charge in [-0.2, -0.15) is 9.97 Å². The van der Waals surface area contributed by atoms with Crippen LogP contribution in [0.15, 0.2) is 188 Å². The van der Waals surface area contributed by atoms with Gasteiger partial charge in [0.2, 0.25) is 5.95 Å². The lowest BCUT2D eigenvalue weighted by Crippen LogP contribution is -2.15. The predicted molar refractivity (Wildman–Crippen MR) is 242 cm³/mol. The van der Waals surface area contributed by atoms with Gasteiger partial charge in [0, 0.05) is 43.8 Å². The Morgan fingerprint density at radius 1 is 0.356 bits per heavy atom. The van der Waals surface area contributed by atoms with E-state index in [4.69, 9.17) is 15.0 Å². The summed E-state index contributed by atoms with van der Waals surface area (Å²) >= 11 is 0. The molecule has 3 heterocycles. The predicted octanol–water partition coefficient (Wildman–Crippen LogP) is 13.4. The molecule has 0 radical (unpaired) electrons. The first-order valence-electron chi connectivity index (χ1n) is 20.2. The average molecular weight is 756 g/mol. The first kappa shape index (κ1) is 33.5. The van der Waals surface area contributed by atoms with Crippen LogP contribution in [-0.2, 0) is 5.41 Å². The van der Waals surface area contributed by atoms with E-state index in [9.17, 15) is 0 Å². The third-order valence-corrected chi connectivity index (χ3v) is 12.4. The molecule has 0 fully saturated rings. The summed E-state index contributed by atoms with van der Waals surface area (Å²) in [7, 11) is 0. The summed E-state index contributed by atoms with van der Waals surface area (Å²) in [6.45, 7) is 4.62. The van der Waals surface area contributed by atoms with Gasteiger partial charge in [-0.15, -0.1) is 0 Å². The molecule has 3 aromatic heterocycles. The standard InChI is InChI=1S/C54H37N5/c1-54(2)45-23-10-6-19-39(45)40-29-27-37(33-46(40)54)52-55-51(56-53(57-52)59-48-25-12-7-20-41(48)42-21-8-13-26-49(42)59)36-17-14-18-38(31-36)58-47-24-11-9-22-43(47)44-32-35(28-30-50(44)58)34-15-4-3-5-16-34/h3-33H,1-2H3. The van der Waals surface area contributed by atoms with E-state index in [1.807, 2.05) is 0 Å². The van der Waals surface area contributed by atoms with E-state index in [0.717, 1.165) is 49.7 Å². The summed E-state index contributed by atoms with van der Waals surface area (Å²) in [5.74, 6) is 1.84. The van der Waals surface area contributed by atoms with Crippen LogP contribution in [0.3, 0.4) is 0 Å². The third-order valence-electron chi connectivity index (χ3n) is 12.4. The zero-order chi connectivity index (χ0) is 39.2. The Bertz CT molecular complexity index is 3430. The largest absolute Gasteiger partial charge is 0.309 e. The molecule has 0 unspecified atom stereocenters. The van der Waals surface area contributed by atoms with Crippen LogP contribution in [0.5, 0.6) is 0 Å². The lowest BCUT2D eigenvalue weighted by Gasteiger charge is -2.21. The van der Waals surface area contributed by atoms with Gasteiger partial charge in [0.15, 0.2) is 11.6 Å². The summed E-state index contributed by atoms with van der Waals surface area (Å²) < 4.78 is 4.55. The maximum absolute atomic E-state index is 5.33. The van der Waals surface area contributed by atoms with Crippen LogP contribution in [0.2, 0.25) is 0 Å². The van der Waals surface area contributed by atoms with Crippen molar-refractivity contribution in [3.8, 4) is 56.7 Å². The van der Waals surface area contributed by atoms with Crippen molar-refractivity contribution < 1.29 is 0 Å². The van der Waals surface area contributed by atoms with Crippen LogP contribution in [0.25, 0.3) is 100 Å². The lowest BCUT2D eigenvalue weighted by atomic mass is 9.82. The van der Waals surface area contributed by atoms with Crippen LogP contribution in [0.4, 0.5) is 0 Å². The number of fused-ring (bicyclic) bond motifs is 9. The van der Waals surface area contributed by atoms with Crippen molar-refractivity contribution in [3.05, 3.63) is 199 Å². The number of hydrogen-bond donors (Lipinski definition) is 0. The molecule has 5 heteroatoms. The smallest absolute Gasteiger partial charge is 0.238 e. The zero-order valence-electron chi connectivity index (χ0n) is 32.6. The second kappa shape index (κ2) is 12.7. The fraction of sp³-hybridized carbons (Fsp3) is 0.0556. The number of hydrogen-bond acceptors (Lipinski definition) is 3. The van der Waals surface area contributed by atoms with Gasteiger partial charge in [0.05, 0.1) is 22.1 Å². The molecule has 1 aliphatic carbocycles. The van der Waals surface area contributed by atoms with E-state index in [-0.39, 0.29) is 5.41 Å². The molecule has 0 aliphatic heterocycles. The topological polar surface area (TPSA) is 48.5 Å². The molecular formula is C54H37N5. The van der Waals surface area contributed by atoms with Crippen molar-refractivity contribution in [2.24, 2.45) is 0 Å². The van der Waals surface area contributed by atoms with E-state index >= 15 is 0 Å². The molecule has 0 bridgehead atoms. The molecular weight excluding hydrogens is 719 g/mol. The monoisotopic (exact) mass is 755 g/mol. The van der Waals surface area contributed by atoms with Crippen LogP contribution in [-0.4, -0.2) is 24.1 Å². The number of rotatable bonds is 5. The first-order valence-corrected chi connectivity index (χ1v) is 20.2. The van der Waals surface area contributed by atoms with Crippen molar-refractivity contribution in [1.29, 1.82) is 0 Å². The molecule has 278 valence electrons. The summed E-state index contributed by atoms with van der Waals surface area (Å²) in [4.78, 5) is 16.0. The van der Waals surface area contributed by atoms with Gasteiger partial charge in [-0.1, -0.05) is 153 Å². The quantitative estimate of drug-likeness (QED) is 0.176. The number of aromatic nitrogens is 5. The Balaban J connectivity index is 1.07. The van der Waals surface area contributed by atoms with Gasteiger partial charge in [-0.05, 0) is 81.9 Å². The Kier molecular flexibility index (Phi) is 7.20. The molecule has 0 atom stereocenters. The third kappa shape index (κ3) is 5.08. The molecule has 0 saturated heterocycles. The highest BCUT2D eigenvalue weighted by Crippen LogP contribution is 2.49. The van der Waals surface area contributed by atoms with Gasteiger partial charge < -0.3 is 4.57 Å². The van der Waals surface area contributed by atoms with E-state index in [1.54, 1.807) is 0 Å². The first-order chi connectivity index (χ1) is 29.0. The number of benzene rings is 8. The molecule has 0 N–H and O–H groups in total. The zero-order valence-corrected chi connectivity index (χ0v) is 32.6. The van der Waals surface area contributed by atoms with Crippen molar-refractivity contribution in [2.45, 2.75) is 19.3 Å². The summed E-state index contributed by atoms with van der Waals surface area (Å²) in [6, 6.07) is 67.1.